The Labute approximate surface area is 518 Å². The van der Waals surface area contributed by atoms with Crippen LogP contribution >= 0.6 is 22.9 Å². The van der Waals surface area contributed by atoms with Crippen molar-refractivity contribution in [2.45, 2.75) is 46.7 Å². The summed E-state index contributed by atoms with van der Waals surface area (Å²) in [6.07, 6.45) is 4.03. The number of methoxy groups -OCH3 is 2. The highest BCUT2D eigenvalue weighted by molar-refractivity contribution is 7.17. The minimum Gasteiger partial charge on any atom is -0.496 e. The van der Waals surface area contributed by atoms with Crippen LogP contribution in [0.3, 0.4) is 0 Å². The van der Waals surface area contributed by atoms with Crippen LogP contribution in [0.25, 0.3) is 27.0 Å². The van der Waals surface area contributed by atoms with Crippen molar-refractivity contribution in [2.75, 3.05) is 143 Å². The maximum Gasteiger partial charge on any atom is 0.308 e. The van der Waals surface area contributed by atoms with Crippen LogP contribution in [-0.4, -0.2) is 193 Å². The van der Waals surface area contributed by atoms with Gasteiger partial charge in [0.25, 0.3) is 5.91 Å². The minimum absolute atomic E-state index is 0.0262. The number of aliphatic imine (C=N–C) groups is 1. The number of nitrogens with one attached hydrogen (secondary N) is 2. The van der Waals surface area contributed by atoms with Crippen molar-refractivity contribution < 1.29 is 66.3 Å². The fourth-order valence-electron chi connectivity index (χ4n) is 9.68. The second-order valence-electron chi connectivity index (χ2n) is 20.0. The van der Waals surface area contributed by atoms with E-state index in [4.69, 9.17) is 68.7 Å². The molecule has 1 atom stereocenters. The molecule has 0 aliphatic carbocycles. The van der Waals surface area contributed by atoms with E-state index in [1.54, 1.807) is 48.5 Å². The van der Waals surface area contributed by atoms with Gasteiger partial charge in [-0.15, -0.1) is 21.5 Å². The number of fused-ring (bicyclic) bond motifs is 4. The van der Waals surface area contributed by atoms with Gasteiger partial charge in [-0.2, -0.15) is 0 Å². The highest BCUT2D eigenvalue weighted by Crippen LogP contribution is 2.44. The van der Waals surface area contributed by atoms with Crippen LogP contribution in [0.1, 0.15) is 67.6 Å². The molecule has 88 heavy (non-hydrogen) atoms. The van der Waals surface area contributed by atoms with Gasteiger partial charge in [0.2, 0.25) is 12.3 Å². The number of hydrogen-bond acceptors (Lipinski definition) is 22. The van der Waals surface area contributed by atoms with Gasteiger partial charge in [0.15, 0.2) is 5.82 Å². The lowest BCUT2D eigenvalue weighted by molar-refractivity contribution is -0.141. The number of nitrogens with zero attached hydrogens (tertiary/aromatic N) is 9. The molecule has 470 valence electrons. The average Bonchev–Trinajstić information content (AvgIpc) is 1.64. The number of rotatable bonds is 37. The van der Waals surface area contributed by atoms with E-state index in [2.05, 4.69) is 31.0 Å². The Balaban J connectivity index is 0.635. The molecule has 1 unspecified atom stereocenters. The fraction of sp³-hybridized carbons (Fsp3) is 0.443. The minimum atomic E-state index is -0.673. The molecule has 0 fully saturated rings. The predicted octanol–water partition coefficient (Wildman–Crippen LogP) is 6.54. The predicted molar refractivity (Wildman–Crippen MR) is 329 cm³/mol. The number of thiophene rings is 1. The van der Waals surface area contributed by atoms with E-state index < -0.39 is 12.0 Å². The van der Waals surface area contributed by atoms with Crippen molar-refractivity contribution >= 4 is 75.1 Å². The highest BCUT2D eigenvalue weighted by Gasteiger charge is 2.34. The van der Waals surface area contributed by atoms with E-state index in [0.29, 0.717) is 152 Å². The summed E-state index contributed by atoms with van der Waals surface area (Å²) in [6, 6.07) is 15.8. The average molecular weight is 1250 g/mol. The molecule has 1 aliphatic rings. The van der Waals surface area contributed by atoms with Crippen LogP contribution in [0.4, 0.5) is 11.4 Å². The number of esters is 1. The number of halogens is 1. The summed E-state index contributed by atoms with van der Waals surface area (Å²) in [5.74, 6) is 1.30. The third-order valence-electron chi connectivity index (χ3n) is 14.0. The molecule has 1 aliphatic heterocycles. The summed E-state index contributed by atoms with van der Waals surface area (Å²) in [5.41, 5.74) is 7.46. The molecule has 3 amide bonds. The van der Waals surface area contributed by atoms with Crippen molar-refractivity contribution in [1.29, 1.82) is 0 Å². The summed E-state index contributed by atoms with van der Waals surface area (Å²) in [6.45, 7) is 13.3. The molecular formula is C61H74ClN11O14S. The normalized spacial score (nSPS) is 12.7. The number of anilines is 2. The molecule has 2 N–H and O–H groups in total. The number of ether oxygens (including phenoxy) is 9. The largest absolute Gasteiger partial charge is 0.496 e. The molecule has 25 nitrogen and oxygen atoms in total. The summed E-state index contributed by atoms with van der Waals surface area (Å²) in [7, 11) is 4.67. The third-order valence-corrected chi connectivity index (χ3v) is 15.5. The van der Waals surface area contributed by atoms with Gasteiger partial charge < -0.3 is 67.6 Å². The van der Waals surface area contributed by atoms with Gasteiger partial charge in [0.1, 0.15) is 28.4 Å². The lowest BCUT2D eigenvalue weighted by Gasteiger charge is -2.28. The van der Waals surface area contributed by atoms with Gasteiger partial charge in [-0.05, 0) is 69.7 Å². The fourth-order valence-corrected chi connectivity index (χ4v) is 11.1. The topological polar surface area (TPSA) is 277 Å². The quantitative estimate of drug-likeness (QED) is 0.0238. The Hall–Kier alpha value is -7.79. The van der Waals surface area contributed by atoms with Crippen LogP contribution in [0.15, 0.2) is 76.5 Å². The smallest absolute Gasteiger partial charge is 0.308 e. The van der Waals surface area contributed by atoms with Crippen LogP contribution in [-0.2, 0) is 58.8 Å². The van der Waals surface area contributed by atoms with E-state index in [-0.39, 0.29) is 57.6 Å². The SMILES string of the molecule is COC(=O)CC1N=C(c2ccc(Cl)cc2)c2c(sc(C(=O)NCCOCCOCCOCCOCCOCCOCCOCCNC(=O)CN(C)c3cnc4cc(-c5c(C)noc5C)c(OC)cc4c3N(C=O)Cc3ccccn3)c2C)-n2c(C)nnc21. The number of carbonyl (C=O) groups is 4. The molecular weight excluding hydrogens is 1180 g/mol. The van der Waals surface area contributed by atoms with Crippen molar-refractivity contribution in [1.82, 2.24) is 40.5 Å². The Morgan fingerprint density at radius 1 is 0.773 bits per heavy atom. The molecule has 0 bridgehead atoms. The van der Waals surface area contributed by atoms with Gasteiger partial charge in [0, 0.05) is 53.4 Å². The first-order chi connectivity index (χ1) is 42.8. The summed E-state index contributed by atoms with van der Waals surface area (Å²) >= 11 is 7.54. The summed E-state index contributed by atoms with van der Waals surface area (Å²) in [5, 5.41) is 20.6. The Morgan fingerprint density at radius 2 is 1.40 bits per heavy atom. The standard InChI is InChI=1S/C61H74ClN11O14S/c1-39-54-56(43-11-13-44(62)14-12-43)67-49(34-53(76)79-7)59-69-68-42(4)73(59)61(54)88-58(39)60(77)65-17-19-81-21-23-83-25-27-85-29-31-86-30-28-84-26-24-82-22-20-80-18-16-64-52(75)37-71(5)50-35-66-48-32-47(55-40(2)70-87-41(55)3)51(78-6)33-46(48)57(50)72(38-74)36-45-10-8-9-15-63-45/h8-15,32-33,35,38,49H,16-31,34,36-37H2,1-7H3,(H,64,75)(H,65,77). The zero-order valence-electron chi connectivity index (χ0n) is 50.5. The number of benzene rings is 2. The van der Waals surface area contributed by atoms with Gasteiger partial charge in [-0.1, -0.05) is 35.0 Å². The third kappa shape index (κ3) is 17.5. The molecule has 5 aromatic heterocycles. The van der Waals surface area contributed by atoms with Gasteiger partial charge in [-0.3, -0.25) is 38.7 Å². The molecule has 7 aromatic rings. The lowest BCUT2D eigenvalue weighted by atomic mass is 9.99. The van der Waals surface area contributed by atoms with Crippen molar-refractivity contribution in [3.8, 4) is 21.9 Å². The molecule has 8 rings (SSSR count). The monoisotopic (exact) mass is 1250 g/mol. The van der Waals surface area contributed by atoms with Crippen molar-refractivity contribution in [3.63, 3.8) is 0 Å². The molecule has 0 saturated heterocycles. The summed E-state index contributed by atoms with van der Waals surface area (Å²) < 4.78 is 57.5. The van der Waals surface area contributed by atoms with E-state index in [0.717, 1.165) is 39.2 Å². The summed E-state index contributed by atoms with van der Waals surface area (Å²) in [4.78, 5) is 70.2. The van der Waals surface area contributed by atoms with Crippen LogP contribution in [0, 0.1) is 27.7 Å². The first-order valence-corrected chi connectivity index (χ1v) is 29.8. The zero-order valence-corrected chi connectivity index (χ0v) is 52.0. The molecule has 0 spiro atoms. The van der Waals surface area contributed by atoms with Crippen LogP contribution < -0.4 is 25.2 Å². The van der Waals surface area contributed by atoms with Gasteiger partial charge in [0.05, 0.1) is 177 Å². The second kappa shape index (κ2) is 33.5. The van der Waals surface area contributed by atoms with Crippen LogP contribution in [0.2, 0.25) is 5.02 Å². The molecule has 6 heterocycles. The number of carbonyl (C=O) groups excluding carboxylic acids is 4. The van der Waals surface area contributed by atoms with Crippen molar-refractivity contribution in [3.05, 3.63) is 122 Å². The van der Waals surface area contributed by atoms with Gasteiger partial charge in [-0.25, -0.2) is 0 Å². The van der Waals surface area contributed by atoms with E-state index >= 15 is 0 Å². The zero-order chi connectivity index (χ0) is 62.4. The lowest BCUT2D eigenvalue weighted by Crippen LogP contribution is -2.37. The first-order valence-electron chi connectivity index (χ1n) is 28.6. The molecule has 2 aromatic carbocycles. The molecule has 0 saturated carbocycles. The van der Waals surface area contributed by atoms with Crippen LogP contribution in [0.5, 0.6) is 5.75 Å². The number of pyridine rings is 2. The highest BCUT2D eigenvalue weighted by atomic mass is 35.5. The Kier molecular flexibility index (Phi) is 25.2. The Morgan fingerprint density at radius 3 is 1.97 bits per heavy atom. The van der Waals surface area contributed by atoms with E-state index in [9.17, 15) is 19.2 Å². The second-order valence-corrected chi connectivity index (χ2v) is 21.5. The van der Waals surface area contributed by atoms with E-state index in [1.165, 1.54) is 18.4 Å². The number of aryl methyl sites for hydroxylation is 3. The first kappa shape index (κ1) is 66.2. The maximum atomic E-state index is 13.6. The van der Waals surface area contributed by atoms with E-state index in [1.807, 2.05) is 74.7 Å². The molecule has 27 heteroatoms. The van der Waals surface area contributed by atoms with Crippen molar-refractivity contribution in [2.24, 2.45) is 4.99 Å². The Bertz CT molecular complexity index is 3450. The number of likely N-dealkylation sites (N-methyl/N-ethyl adjacent to an activating group) is 1. The maximum absolute atomic E-state index is 13.6. The number of aromatic nitrogens is 6. The number of amides is 3. The van der Waals surface area contributed by atoms with Gasteiger partial charge >= 0.3 is 5.97 Å². The molecule has 0 radical (unpaired) electrons. The number of hydrogen-bond donors (Lipinski definition) is 2.